The zero-order valence-electron chi connectivity index (χ0n) is 22.5. The predicted molar refractivity (Wildman–Crippen MR) is 146 cm³/mol. The third kappa shape index (κ3) is 34.0. The van der Waals surface area contributed by atoms with Gasteiger partial charge >= 0.3 is 0 Å². The largest absolute Gasteiger partial charge is 0.0654 e. The van der Waals surface area contributed by atoms with Crippen LogP contribution in [-0.2, 0) is 0 Å². The maximum atomic E-state index is 2.28. The van der Waals surface area contributed by atoms with E-state index >= 15 is 0 Å². The Bertz CT molecular complexity index is 362. The summed E-state index contributed by atoms with van der Waals surface area (Å²) in [6.45, 7) is 11.2. The highest BCUT2D eigenvalue weighted by Gasteiger charge is 1.91. The van der Waals surface area contributed by atoms with Crippen molar-refractivity contribution in [3.05, 3.63) is 35.9 Å². The first-order valence-electron chi connectivity index (χ1n) is 14.2. The summed E-state index contributed by atoms with van der Waals surface area (Å²) in [5.74, 6) is 0. The van der Waals surface area contributed by atoms with E-state index < -0.39 is 0 Å². The highest BCUT2D eigenvalue weighted by molar-refractivity contribution is 5.11. The van der Waals surface area contributed by atoms with Crippen LogP contribution in [0.25, 0.3) is 0 Å². The lowest BCUT2D eigenvalue weighted by Crippen LogP contribution is -1.80. The Morgan fingerprint density at radius 1 is 0.355 bits per heavy atom. The van der Waals surface area contributed by atoms with Gasteiger partial charge in [0.15, 0.2) is 0 Å². The maximum absolute atomic E-state index is 2.28. The van der Waals surface area contributed by atoms with Gasteiger partial charge in [-0.05, 0) is 6.92 Å². The van der Waals surface area contributed by atoms with Gasteiger partial charge in [-0.2, -0.15) is 0 Å². The topological polar surface area (TPSA) is 0 Å². The first kappa shape index (κ1) is 32.4. The number of unbranched alkanes of at least 4 members (excludes halogenated alkanes) is 18. The minimum absolute atomic E-state index is 1.32. The van der Waals surface area contributed by atoms with Crippen molar-refractivity contribution in [3.8, 4) is 0 Å². The molecule has 184 valence electrons. The van der Waals surface area contributed by atoms with E-state index in [4.69, 9.17) is 0 Å². The SMILES string of the molecule is CCCCCCCCCCC.CCCCCCCCCCCCC.Cc1ccccc1. The van der Waals surface area contributed by atoms with E-state index in [0.29, 0.717) is 0 Å². The molecule has 0 aliphatic heterocycles. The molecular weight excluding hydrogens is 372 g/mol. The molecule has 0 unspecified atom stereocenters. The van der Waals surface area contributed by atoms with E-state index in [0.717, 1.165) is 0 Å². The Labute approximate surface area is 199 Å². The van der Waals surface area contributed by atoms with Crippen molar-refractivity contribution >= 4 is 0 Å². The van der Waals surface area contributed by atoms with Crippen LogP contribution in [0.4, 0.5) is 0 Å². The average Bonchev–Trinajstić information content (AvgIpc) is 2.79. The van der Waals surface area contributed by atoms with Crippen LogP contribution in [0, 0.1) is 6.92 Å². The lowest BCUT2D eigenvalue weighted by Gasteiger charge is -2.00. The van der Waals surface area contributed by atoms with E-state index in [2.05, 4.69) is 46.8 Å². The predicted octanol–water partition coefficient (Wildman–Crippen LogP) is 11.8. The molecule has 0 aliphatic carbocycles. The van der Waals surface area contributed by atoms with Gasteiger partial charge in [-0.1, -0.05) is 192 Å². The molecule has 0 amide bonds. The zero-order chi connectivity index (χ0) is 23.3. The van der Waals surface area contributed by atoms with Gasteiger partial charge in [0.2, 0.25) is 0 Å². The summed E-state index contributed by atoms with van der Waals surface area (Å²) in [5, 5.41) is 0. The molecular formula is C31H60. The molecule has 0 fully saturated rings. The second-order valence-electron chi connectivity index (χ2n) is 9.31. The third-order valence-corrected chi connectivity index (χ3v) is 5.85. The lowest BCUT2D eigenvalue weighted by atomic mass is 10.1. The molecule has 0 bridgehead atoms. The Morgan fingerprint density at radius 2 is 0.581 bits per heavy atom. The normalized spacial score (nSPS) is 10.1. The molecule has 1 aromatic carbocycles. The van der Waals surface area contributed by atoms with E-state index in [9.17, 15) is 0 Å². The summed E-state index contributed by atoms with van der Waals surface area (Å²) >= 11 is 0. The fraction of sp³-hybridized carbons (Fsp3) is 0.806. The van der Waals surface area contributed by atoms with Crippen molar-refractivity contribution in [1.29, 1.82) is 0 Å². The van der Waals surface area contributed by atoms with E-state index in [-0.39, 0.29) is 0 Å². The number of benzene rings is 1. The average molecular weight is 433 g/mol. The van der Waals surface area contributed by atoms with Gasteiger partial charge in [0.1, 0.15) is 0 Å². The molecule has 0 heterocycles. The Morgan fingerprint density at radius 3 is 0.742 bits per heavy atom. The van der Waals surface area contributed by atoms with Crippen molar-refractivity contribution in [2.24, 2.45) is 0 Å². The van der Waals surface area contributed by atoms with Gasteiger partial charge in [-0.25, -0.2) is 0 Å². The van der Waals surface area contributed by atoms with Gasteiger partial charge in [0.25, 0.3) is 0 Å². The smallest absolute Gasteiger partial charge is 0.0398 e. The fourth-order valence-electron chi connectivity index (χ4n) is 3.66. The number of hydrogen-bond acceptors (Lipinski definition) is 0. The summed E-state index contributed by atoms with van der Waals surface area (Å²) in [6.07, 6.45) is 28.9. The highest BCUT2D eigenvalue weighted by atomic mass is 14.0. The summed E-state index contributed by atoms with van der Waals surface area (Å²) < 4.78 is 0. The molecule has 0 spiro atoms. The molecule has 0 saturated carbocycles. The Balaban J connectivity index is 0. The molecule has 0 atom stereocenters. The van der Waals surface area contributed by atoms with E-state index in [1.807, 2.05) is 18.2 Å². The summed E-state index contributed by atoms with van der Waals surface area (Å²) in [7, 11) is 0. The molecule has 0 N–H and O–H groups in total. The third-order valence-electron chi connectivity index (χ3n) is 5.85. The molecule has 0 saturated heterocycles. The van der Waals surface area contributed by atoms with Gasteiger partial charge in [0.05, 0.1) is 0 Å². The molecule has 0 nitrogen and oxygen atoms in total. The summed E-state index contributed by atoms with van der Waals surface area (Å²) in [5.41, 5.74) is 1.32. The van der Waals surface area contributed by atoms with Crippen molar-refractivity contribution < 1.29 is 0 Å². The lowest BCUT2D eigenvalue weighted by molar-refractivity contribution is 0.554. The van der Waals surface area contributed by atoms with Crippen LogP contribution in [0.1, 0.15) is 162 Å². The van der Waals surface area contributed by atoms with Crippen LogP contribution in [-0.4, -0.2) is 0 Å². The standard InChI is InChI=1S/C13H28.C11H24.C7H8/c1-3-5-7-9-11-13-12-10-8-6-4-2;1-3-5-7-9-11-10-8-6-4-2;1-7-5-3-2-4-6-7/h3-13H2,1-2H3;3-11H2,1-2H3;2-6H,1H3. The Kier molecular flexibility index (Phi) is 32.8. The summed E-state index contributed by atoms with van der Waals surface area (Å²) in [6, 6.07) is 10.3. The van der Waals surface area contributed by atoms with E-state index in [1.165, 1.54) is 134 Å². The maximum Gasteiger partial charge on any atom is -0.0398 e. The van der Waals surface area contributed by atoms with Crippen LogP contribution in [0.5, 0.6) is 0 Å². The first-order valence-corrected chi connectivity index (χ1v) is 14.2. The molecule has 31 heavy (non-hydrogen) atoms. The van der Waals surface area contributed by atoms with Gasteiger partial charge < -0.3 is 0 Å². The zero-order valence-corrected chi connectivity index (χ0v) is 22.5. The minimum atomic E-state index is 1.32. The monoisotopic (exact) mass is 432 g/mol. The quantitative estimate of drug-likeness (QED) is 0.202. The minimum Gasteiger partial charge on any atom is -0.0654 e. The second-order valence-corrected chi connectivity index (χ2v) is 9.31. The van der Waals surface area contributed by atoms with E-state index in [1.54, 1.807) is 0 Å². The van der Waals surface area contributed by atoms with Crippen molar-refractivity contribution in [2.75, 3.05) is 0 Å². The van der Waals surface area contributed by atoms with Crippen LogP contribution < -0.4 is 0 Å². The second kappa shape index (κ2) is 31.4. The highest BCUT2D eigenvalue weighted by Crippen LogP contribution is 2.11. The number of hydrogen-bond donors (Lipinski definition) is 0. The molecule has 1 rings (SSSR count). The van der Waals surface area contributed by atoms with Crippen LogP contribution in [0.2, 0.25) is 0 Å². The molecule has 0 radical (unpaired) electrons. The van der Waals surface area contributed by atoms with Crippen LogP contribution in [0.15, 0.2) is 30.3 Å². The van der Waals surface area contributed by atoms with Crippen LogP contribution in [0.3, 0.4) is 0 Å². The number of aryl methyl sites for hydroxylation is 1. The van der Waals surface area contributed by atoms with Gasteiger partial charge in [0, 0.05) is 0 Å². The molecule has 0 aliphatic rings. The van der Waals surface area contributed by atoms with Gasteiger partial charge in [-0.15, -0.1) is 0 Å². The van der Waals surface area contributed by atoms with Crippen molar-refractivity contribution in [1.82, 2.24) is 0 Å². The first-order chi connectivity index (χ1) is 15.2. The summed E-state index contributed by atoms with van der Waals surface area (Å²) in [4.78, 5) is 0. The molecule has 1 aromatic rings. The Hall–Kier alpha value is -0.780. The molecule has 0 heteroatoms. The van der Waals surface area contributed by atoms with Crippen molar-refractivity contribution in [2.45, 2.75) is 163 Å². The molecule has 0 aromatic heterocycles. The number of rotatable bonds is 18. The van der Waals surface area contributed by atoms with Gasteiger partial charge in [-0.3, -0.25) is 0 Å². The van der Waals surface area contributed by atoms with Crippen LogP contribution >= 0.6 is 0 Å². The van der Waals surface area contributed by atoms with Crippen molar-refractivity contribution in [3.63, 3.8) is 0 Å². The fourth-order valence-corrected chi connectivity index (χ4v) is 3.66.